The van der Waals surface area contributed by atoms with Gasteiger partial charge >= 0.3 is 5.97 Å². The molecule has 0 radical (unpaired) electrons. The zero-order chi connectivity index (χ0) is 18.1. The van der Waals surface area contributed by atoms with E-state index >= 15 is 0 Å². The van der Waals surface area contributed by atoms with Crippen molar-refractivity contribution in [1.82, 2.24) is 19.9 Å². The number of carboxylic acid groups (broad SMARTS) is 1. The van der Waals surface area contributed by atoms with Crippen LogP contribution in [0.1, 0.15) is 16.2 Å². The molecule has 0 spiro atoms. The minimum absolute atomic E-state index is 0.00152. The number of carboxylic acids is 1. The van der Waals surface area contributed by atoms with Crippen LogP contribution in [0.15, 0.2) is 57.0 Å². The Hall–Kier alpha value is -3.33. The van der Waals surface area contributed by atoms with E-state index in [4.69, 9.17) is 4.42 Å². The molecule has 0 aliphatic heterocycles. The molecule has 0 fully saturated rings. The number of benzene rings is 1. The molecule has 130 valence electrons. The summed E-state index contributed by atoms with van der Waals surface area (Å²) in [5.41, 5.74) is 0.585. The van der Waals surface area contributed by atoms with Gasteiger partial charge < -0.3 is 19.5 Å². The zero-order valence-corrected chi connectivity index (χ0v) is 14.0. The molecule has 0 saturated carbocycles. The number of rotatable bonds is 5. The first-order chi connectivity index (χ1) is 12.6. The predicted molar refractivity (Wildman–Crippen MR) is 95.2 cm³/mol. The number of aromatic amines is 2. The number of nitrogens with one attached hydrogen (secondary N) is 2. The second-order valence-electron chi connectivity index (χ2n) is 5.37. The van der Waals surface area contributed by atoms with Crippen molar-refractivity contribution >= 4 is 28.8 Å². The summed E-state index contributed by atoms with van der Waals surface area (Å²) in [5.74, 6) is 0.0144. The van der Waals surface area contributed by atoms with Crippen LogP contribution in [0.3, 0.4) is 0 Å². The maximum Gasteiger partial charge on any atom is 0.343 e. The smallest absolute Gasteiger partial charge is 0.343 e. The van der Waals surface area contributed by atoms with Gasteiger partial charge in [0.05, 0.1) is 23.0 Å². The normalized spacial score (nSPS) is 11.1. The molecular weight excluding hydrogens is 356 g/mol. The quantitative estimate of drug-likeness (QED) is 0.365. The molecule has 4 aromatic rings. The zero-order valence-electron chi connectivity index (χ0n) is 13.2. The molecule has 0 aliphatic carbocycles. The number of aromatic nitrogens is 4. The van der Waals surface area contributed by atoms with Crippen molar-refractivity contribution in [3.63, 3.8) is 0 Å². The molecule has 3 heterocycles. The lowest BCUT2D eigenvalue weighted by molar-refractivity contribution is 0.0695. The standard InChI is InChI=1S/C17H12N4O4S/c22-15-13(16(23)24)14(11-6-3-7-25-11)20-17(21-15)26-8-12-18-9-4-1-2-5-10(9)19-12/h1-7H,8H2,(H,18,19)(H,23,24)(H,20,21,22). The highest BCUT2D eigenvalue weighted by Gasteiger charge is 2.21. The lowest BCUT2D eigenvalue weighted by Gasteiger charge is -2.05. The average molecular weight is 368 g/mol. The van der Waals surface area contributed by atoms with Gasteiger partial charge in [0, 0.05) is 0 Å². The van der Waals surface area contributed by atoms with Gasteiger partial charge in [0.15, 0.2) is 16.5 Å². The number of aromatic carboxylic acids is 1. The molecule has 0 saturated heterocycles. The van der Waals surface area contributed by atoms with E-state index in [9.17, 15) is 14.7 Å². The second-order valence-corrected chi connectivity index (χ2v) is 6.33. The fraction of sp³-hybridized carbons (Fsp3) is 0.0588. The highest BCUT2D eigenvalue weighted by Crippen LogP contribution is 2.24. The Labute approximate surface area is 150 Å². The Morgan fingerprint density at radius 1 is 1.15 bits per heavy atom. The first kappa shape index (κ1) is 16.2. The lowest BCUT2D eigenvalue weighted by Crippen LogP contribution is -2.21. The van der Waals surface area contributed by atoms with E-state index in [2.05, 4.69) is 19.9 Å². The van der Waals surface area contributed by atoms with Gasteiger partial charge in [0.2, 0.25) is 0 Å². The SMILES string of the molecule is O=C(O)c1c(-c2ccco2)nc(SCc2nc3ccccc3[nH]2)[nH]c1=O. The number of thioether (sulfide) groups is 1. The van der Waals surface area contributed by atoms with Gasteiger partial charge in [-0.25, -0.2) is 14.8 Å². The van der Waals surface area contributed by atoms with Crippen molar-refractivity contribution in [1.29, 1.82) is 0 Å². The molecule has 0 amide bonds. The first-order valence-electron chi connectivity index (χ1n) is 7.60. The number of imidazole rings is 1. The van der Waals surface area contributed by atoms with Gasteiger partial charge in [-0.1, -0.05) is 23.9 Å². The van der Waals surface area contributed by atoms with Gasteiger partial charge in [-0.05, 0) is 24.3 Å². The van der Waals surface area contributed by atoms with Crippen LogP contribution in [0.2, 0.25) is 0 Å². The first-order valence-corrected chi connectivity index (χ1v) is 8.58. The van der Waals surface area contributed by atoms with Crippen LogP contribution in [-0.2, 0) is 5.75 Å². The van der Waals surface area contributed by atoms with Gasteiger partial charge in [0.1, 0.15) is 11.5 Å². The average Bonchev–Trinajstić information content (AvgIpc) is 3.28. The van der Waals surface area contributed by atoms with Crippen molar-refractivity contribution < 1.29 is 14.3 Å². The predicted octanol–water partition coefficient (Wildman–Crippen LogP) is 2.90. The van der Waals surface area contributed by atoms with Crippen molar-refractivity contribution in [2.45, 2.75) is 10.9 Å². The van der Waals surface area contributed by atoms with Crippen LogP contribution in [0.4, 0.5) is 0 Å². The number of para-hydroxylation sites is 2. The van der Waals surface area contributed by atoms with E-state index in [0.29, 0.717) is 5.75 Å². The third-order valence-corrected chi connectivity index (χ3v) is 4.53. The van der Waals surface area contributed by atoms with E-state index in [0.717, 1.165) is 16.9 Å². The molecule has 4 rings (SSSR count). The van der Waals surface area contributed by atoms with E-state index in [1.807, 2.05) is 24.3 Å². The Morgan fingerprint density at radius 3 is 2.73 bits per heavy atom. The summed E-state index contributed by atoms with van der Waals surface area (Å²) in [6.07, 6.45) is 1.39. The minimum Gasteiger partial charge on any atom is -0.477 e. The van der Waals surface area contributed by atoms with Gasteiger partial charge in [-0.3, -0.25) is 4.79 Å². The fourth-order valence-electron chi connectivity index (χ4n) is 2.52. The Bertz CT molecular complexity index is 1110. The Morgan fingerprint density at radius 2 is 2.00 bits per heavy atom. The second kappa shape index (κ2) is 6.52. The van der Waals surface area contributed by atoms with Crippen LogP contribution in [0.5, 0.6) is 0 Å². The Kier molecular flexibility index (Phi) is 4.05. The molecule has 0 aliphatic rings. The van der Waals surface area contributed by atoms with Crippen molar-refractivity contribution in [3.05, 3.63) is 64.4 Å². The van der Waals surface area contributed by atoms with E-state index in [-0.39, 0.29) is 16.6 Å². The van der Waals surface area contributed by atoms with E-state index in [1.165, 1.54) is 18.0 Å². The number of nitrogens with zero attached hydrogens (tertiary/aromatic N) is 2. The number of furan rings is 1. The van der Waals surface area contributed by atoms with Crippen molar-refractivity contribution in [3.8, 4) is 11.5 Å². The summed E-state index contributed by atoms with van der Waals surface area (Å²) in [5, 5.41) is 9.59. The summed E-state index contributed by atoms with van der Waals surface area (Å²) >= 11 is 1.24. The highest BCUT2D eigenvalue weighted by atomic mass is 32.2. The molecule has 3 N–H and O–H groups in total. The van der Waals surface area contributed by atoms with Crippen molar-refractivity contribution in [2.75, 3.05) is 0 Å². The molecule has 1 aromatic carbocycles. The van der Waals surface area contributed by atoms with Crippen LogP contribution in [-0.4, -0.2) is 31.0 Å². The van der Waals surface area contributed by atoms with E-state index < -0.39 is 17.1 Å². The molecule has 0 atom stereocenters. The summed E-state index contributed by atoms with van der Waals surface area (Å²) in [4.78, 5) is 38.0. The summed E-state index contributed by atoms with van der Waals surface area (Å²) in [6.45, 7) is 0. The summed E-state index contributed by atoms with van der Waals surface area (Å²) in [6, 6.07) is 10.8. The van der Waals surface area contributed by atoms with Gasteiger partial charge in [-0.15, -0.1) is 0 Å². The highest BCUT2D eigenvalue weighted by molar-refractivity contribution is 7.98. The van der Waals surface area contributed by atoms with E-state index in [1.54, 1.807) is 12.1 Å². The summed E-state index contributed by atoms with van der Waals surface area (Å²) in [7, 11) is 0. The molecule has 0 unspecified atom stereocenters. The number of H-pyrrole nitrogens is 2. The molecule has 8 nitrogen and oxygen atoms in total. The van der Waals surface area contributed by atoms with Gasteiger partial charge in [0.25, 0.3) is 5.56 Å². The monoisotopic (exact) mass is 368 g/mol. The van der Waals surface area contributed by atoms with Crippen LogP contribution in [0, 0.1) is 0 Å². The number of hydrogen-bond acceptors (Lipinski definition) is 6. The largest absolute Gasteiger partial charge is 0.477 e. The lowest BCUT2D eigenvalue weighted by atomic mass is 10.2. The van der Waals surface area contributed by atoms with Gasteiger partial charge in [-0.2, -0.15) is 0 Å². The molecule has 9 heteroatoms. The topological polar surface area (TPSA) is 125 Å². The third-order valence-electron chi connectivity index (χ3n) is 3.65. The molecule has 3 aromatic heterocycles. The Balaban J connectivity index is 1.66. The van der Waals surface area contributed by atoms with Crippen LogP contribution in [0.25, 0.3) is 22.5 Å². The fourth-order valence-corrected chi connectivity index (χ4v) is 3.25. The maximum absolute atomic E-state index is 12.2. The maximum atomic E-state index is 12.2. The number of hydrogen-bond donors (Lipinski definition) is 3. The molecule has 26 heavy (non-hydrogen) atoms. The molecule has 0 bridgehead atoms. The number of fused-ring (bicyclic) bond motifs is 1. The molecular formula is C17H12N4O4S. The third kappa shape index (κ3) is 3.00. The van der Waals surface area contributed by atoms with Crippen LogP contribution >= 0.6 is 11.8 Å². The minimum atomic E-state index is -1.36. The van der Waals surface area contributed by atoms with Crippen LogP contribution < -0.4 is 5.56 Å². The van der Waals surface area contributed by atoms with Crippen molar-refractivity contribution in [2.24, 2.45) is 0 Å². The summed E-state index contributed by atoms with van der Waals surface area (Å²) < 4.78 is 5.22. The number of carbonyl (C=O) groups is 1.